The molecule has 5 rings (SSSR count). The normalized spacial score (nSPS) is 14.9. The van der Waals surface area contributed by atoms with Gasteiger partial charge in [-0.1, -0.05) is 17.8 Å². The minimum Gasteiger partial charge on any atom is -0.325 e. The van der Waals surface area contributed by atoms with Crippen LogP contribution in [0.1, 0.15) is 25.8 Å². The minimum absolute atomic E-state index is 0.129. The average Bonchev–Trinajstić information content (AvgIpc) is 3.08. The van der Waals surface area contributed by atoms with Crippen LogP contribution < -0.4 is 11.0 Å². The maximum atomic E-state index is 12.7. The molecule has 4 aromatic rings. The lowest BCUT2D eigenvalue weighted by molar-refractivity contribution is -0.115. The topological polar surface area (TPSA) is 108 Å². The van der Waals surface area contributed by atoms with E-state index in [2.05, 4.69) is 30.0 Å². The fourth-order valence-corrected chi connectivity index (χ4v) is 4.78. The van der Waals surface area contributed by atoms with Crippen molar-refractivity contribution in [3.8, 4) is 10.7 Å². The SMILES string of the molecule is CC(Sc1nnc(-c2cccs2)n1C1CC1)C(=O)Nc1ccc2[nH]c(=O)[nH]c2c1. The number of benzene rings is 1. The van der Waals surface area contributed by atoms with Gasteiger partial charge in [0.15, 0.2) is 11.0 Å². The van der Waals surface area contributed by atoms with E-state index in [4.69, 9.17) is 0 Å². The predicted octanol–water partition coefficient (Wildman–Crippen LogP) is 3.63. The lowest BCUT2D eigenvalue weighted by atomic mass is 10.2. The smallest absolute Gasteiger partial charge is 0.323 e. The van der Waals surface area contributed by atoms with Crippen molar-refractivity contribution in [2.45, 2.75) is 36.2 Å². The summed E-state index contributed by atoms with van der Waals surface area (Å²) in [5.74, 6) is 0.745. The molecule has 0 aliphatic heterocycles. The molecule has 1 unspecified atom stereocenters. The highest BCUT2D eigenvalue weighted by molar-refractivity contribution is 8.00. The zero-order chi connectivity index (χ0) is 20.0. The van der Waals surface area contributed by atoms with E-state index in [-0.39, 0.29) is 16.8 Å². The number of hydrogen-bond donors (Lipinski definition) is 3. The van der Waals surface area contributed by atoms with E-state index in [1.54, 1.807) is 29.5 Å². The van der Waals surface area contributed by atoms with Crippen molar-refractivity contribution in [2.75, 3.05) is 5.32 Å². The maximum absolute atomic E-state index is 12.7. The van der Waals surface area contributed by atoms with Crippen LogP contribution in [-0.4, -0.2) is 35.9 Å². The molecule has 29 heavy (non-hydrogen) atoms. The van der Waals surface area contributed by atoms with Gasteiger partial charge in [0.05, 0.1) is 21.2 Å². The van der Waals surface area contributed by atoms with Crippen LogP contribution in [0.2, 0.25) is 0 Å². The fraction of sp³-hybridized carbons (Fsp3) is 0.263. The molecule has 1 aliphatic carbocycles. The van der Waals surface area contributed by atoms with Crippen LogP contribution in [0, 0.1) is 0 Å². The highest BCUT2D eigenvalue weighted by Gasteiger charge is 2.31. The molecule has 0 radical (unpaired) electrons. The summed E-state index contributed by atoms with van der Waals surface area (Å²) in [6.07, 6.45) is 2.22. The Morgan fingerprint density at radius 3 is 2.86 bits per heavy atom. The van der Waals surface area contributed by atoms with Gasteiger partial charge in [0, 0.05) is 11.7 Å². The van der Waals surface area contributed by atoms with Crippen molar-refractivity contribution >= 4 is 45.7 Å². The number of carbonyl (C=O) groups excluding carboxylic acids is 1. The summed E-state index contributed by atoms with van der Waals surface area (Å²) in [6.45, 7) is 1.85. The molecular weight excluding hydrogens is 408 g/mol. The average molecular weight is 427 g/mol. The van der Waals surface area contributed by atoms with Gasteiger partial charge in [-0.25, -0.2) is 4.79 Å². The summed E-state index contributed by atoms with van der Waals surface area (Å²) in [4.78, 5) is 30.6. The monoisotopic (exact) mass is 426 g/mol. The highest BCUT2D eigenvalue weighted by Crippen LogP contribution is 2.42. The first-order valence-electron chi connectivity index (χ1n) is 9.27. The number of nitrogens with zero attached hydrogens (tertiary/aromatic N) is 3. The van der Waals surface area contributed by atoms with Crippen LogP contribution in [0.4, 0.5) is 5.69 Å². The number of nitrogens with one attached hydrogen (secondary N) is 3. The number of rotatable bonds is 6. The Kier molecular flexibility index (Phi) is 4.51. The Bertz CT molecular complexity index is 1240. The number of thioether (sulfide) groups is 1. The van der Waals surface area contributed by atoms with Gasteiger partial charge in [-0.3, -0.25) is 9.36 Å². The maximum Gasteiger partial charge on any atom is 0.323 e. The number of carbonyl (C=O) groups is 1. The minimum atomic E-state index is -0.353. The second-order valence-electron chi connectivity index (χ2n) is 6.97. The number of anilines is 1. The first-order chi connectivity index (χ1) is 14.1. The first-order valence-corrected chi connectivity index (χ1v) is 11.0. The Balaban J connectivity index is 1.33. The van der Waals surface area contributed by atoms with Gasteiger partial charge < -0.3 is 15.3 Å². The second kappa shape index (κ2) is 7.20. The Hall–Kier alpha value is -2.85. The van der Waals surface area contributed by atoms with Crippen molar-refractivity contribution in [2.24, 2.45) is 0 Å². The zero-order valence-corrected chi connectivity index (χ0v) is 17.1. The third-order valence-electron chi connectivity index (χ3n) is 4.75. The number of H-pyrrole nitrogens is 2. The molecule has 1 saturated carbocycles. The molecule has 148 valence electrons. The van der Waals surface area contributed by atoms with Crippen LogP contribution in [0.3, 0.4) is 0 Å². The first kappa shape index (κ1) is 18.2. The van der Waals surface area contributed by atoms with Gasteiger partial charge in [0.25, 0.3) is 0 Å². The molecule has 1 amide bonds. The van der Waals surface area contributed by atoms with Gasteiger partial charge in [-0.05, 0) is 49.4 Å². The van der Waals surface area contributed by atoms with E-state index in [9.17, 15) is 9.59 Å². The summed E-state index contributed by atoms with van der Waals surface area (Å²) in [7, 11) is 0. The summed E-state index contributed by atoms with van der Waals surface area (Å²) in [5, 5.41) is 14.1. The standard InChI is InChI=1S/C19H18N6O2S2/c1-10(17(26)20-11-4-7-13-14(9-11)22-18(27)21-13)29-19-24-23-16(15-3-2-8-28-15)25(19)12-5-6-12/h2-4,7-10,12H,5-6H2,1H3,(H,20,26)(H2,21,22,27). The third kappa shape index (κ3) is 3.60. The van der Waals surface area contributed by atoms with E-state index < -0.39 is 0 Å². The highest BCUT2D eigenvalue weighted by atomic mass is 32.2. The molecule has 0 saturated heterocycles. The quantitative estimate of drug-likeness (QED) is 0.408. The van der Waals surface area contributed by atoms with Crippen molar-refractivity contribution in [3.63, 3.8) is 0 Å². The molecule has 3 aromatic heterocycles. The number of amides is 1. The molecular formula is C19H18N6O2S2. The second-order valence-corrected chi connectivity index (χ2v) is 9.23. The molecule has 3 N–H and O–H groups in total. The van der Waals surface area contributed by atoms with Gasteiger partial charge in [0.2, 0.25) is 5.91 Å². The van der Waals surface area contributed by atoms with Crippen molar-refractivity contribution < 1.29 is 4.79 Å². The molecule has 1 fully saturated rings. The van der Waals surface area contributed by atoms with E-state index in [0.717, 1.165) is 28.7 Å². The Morgan fingerprint density at radius 1 is 1.28 bits per heavy atom. The number of fused-ring (bicyclic) bond motifs is 1. The lowest BCUT2D eigenvalue weighted by Gasteiger charge is -2.13. The van der Waals surface area contributed by atoms with Crippen LogP contribution in [-0.2, 0) is 4.79 Å². The van der Waals surface area contributed by atoms with Crippen molar-refractivity contribution in [1.82, 2.24) is 24.7 Å². The number of hydrogen-bond acceptors (Lipinski definition) is 6. The molecule has 8 nitrogen and oxygen atoms in total. The van der Waals surface area contributed by atoms with Crippen molar-refractivity contribution in [3.05, 3.63) is 46.2 Å². The molecule has 10 heteroatoms. The van der Waals surface area contributed by atoms with Gasteiger partial charge >= 0.3 is 5.69 Å². The molecule has 1 aromatic carbocycles. The number of aromatic nitrogens is 5. The van der Waals surface area contributed by atoms with Crippen LogP contribution in [0.5, 0.6) is 0 Å². The Labute approximate surface area is 173 Å². The van der Waals surface area contributed by atoms with Gasteiger partial charge in [0.1, 0.15) is 0 Å². The number of imidazole rings is 1. The number of thiophene rings is 1. The third-order valence-corrected chi connectivity index (χ3v) is 6.68. The summed E-state index contributed by atoms with van der Waals surface area (Å²) < 4.78 is 2.16. The van der Waals surface area contributed by atoms with E-state index >= 15 is 0 Å². The summed E-state index contributed by atoms with van der Waals surface area (Å²) in [6, 6.07) is 9.72. The number of aromatic amines is 2. The van der Waals surface area contributed by atoms with E-state index in [1.165, 1.54) is 11.8 Å². The molecule has 3 heterocycles. The van der Waals surface area contributed by atoms with Crippen molar-refractivity contribution in [1.29, 1.82) is 0 Å². The lowest BCUT2D eigenvalue weighted by Crippen LogP contribution is -2.23. The molecule has 1 aliphatic rings. The summed E-state index contributed by atoms with van der Waals surface area (Å²) >= 11 is 3.05. The fourth-order valence-electron chi connectivity index (χ4n) is 3.16. The van der Waals surface area contributed by atoms with Crippen LogP contribution in [0.15, 0.2) is 45.7 Å². The largest absolute Gasteiger partial charge is 0.325 e. The molecule has 0 spiro atoms. The molecule has 0 bridgehead atoms. The molecule has 1 atom stereocenters. The zero-order valence-electron chi connectivity index (χ0n) is 15.5. The summed E-state index contributed by atoms with van der Waals surface area (Å²) in [5.41, 5.74) is 1.72. The van der Waals surface area contributed by atoms with Gasteiger partial charge in [-0.15, -0.1) is 21.5 Å². The van der Waals surface area contributed by atoms with Crippen LogP contribution >= 0.6 is 23.1 Å². The van der Waals surface area contributed by atoms with E-state index in [1.807, 2.05) is 24.4 Å². The predicted molar refractivity (Wildman–Crippen MR) is 114 cm³/mol. The van der Waals surface area contributed by atoms with E-state index in [0.29, 0.717) is 22.8 Å². The Morgan fingerprint density at radius 2 is 2.10 bits per heavy atom. The van der Waals surface area contributed by atoms with Crippen LogP contribution in [0.25, 0.3) is 21.7 Å². The van der Waals surface area contributed by atoms with Gasteiger partial charge in [-0.2, -0.15) is 0 Å².